The highest BCUT2D eigenvalue weighted by molar-refractivity contribution is 5.58. The van der Waals surface area contributed by atoms with Crippen molar-refractivity contribution in [3.05, 3.63) is 33.9 Å². The van der Waals surface area contributed by atoms with Gasteiger partial charge >= 0.3 is 0 Å². The lowest BCUT2D eigenvalue weighted by Crippen LogP contribution is -2.64. The predicted molar refractivity (Wildman–Crippen MR) is 81.6 cm³/mol. The number of nitro benzene ring substituents is 1. The molecule has 2 saturated carbocycles. The highest BCUT2D eigenvalue weighted by atomic mass is 16.6. The maximum atomic E-state index is 10.9. The lowest BCUT2D eigenvalue weighted by molar-refractivity contribution is -0.384. The van der Waals surface area contributed by atoms with E-state index >= 15 is 0 Å². The number of non-ortho nitro benzene ring substituents is 1. The van der Waals surface area contributed by atoms with Gasteiger partial charge in [-0.1, -0.05) is 12.5 Å². The molecule has 3 rings (SSSR count). The summed E-state index contributed by atoms with van der Waals surface area (Å²) in [4.78, 5) is 10.6. The molecule has 1 aromatic carbocycles. The van der Waals surface area contributed by atoms with Gasteiger partial charge in [0.05, 0.1) is 11.0 Å². The van der Waals surface area contributed by atoms with Gasteiger partial charge in [-0.3, -0.25) is 10.1 Å². The fourth-order valence-electron chi connectivity index (χ4n) is 3.71. The molecule has 114 valence electrons. The summed E-state index contributed by atoms with van der Waals surface area (Å²) < 4.78 is 5.85. The number of nitrogens with zero attached hydrogens (tertiary/aromatic N) is 1. The average Bonchev–Trinajstić information content (AvgIpc) is 2.37. The number of aryl methyl sites for hydroxylation is 1. The predicted octanol–water partition coefficient (Wildman–Crippen LogP) is 3.66. The van der Waals surface area contributed by atoms with E-state index in [1.54, 1.807) is 12.1 Å². The summed E-state index contributed by atoms with van der Waals surface area (Å²) in [5.41, 5.74) is 2.34. The Kier molecular flexibility index (Phi) is 3.61. The van der Waals surface area contributed by atoms with Crippen molar-refractivity contribution in [2.45, 2.75) is 51.7 Å². The third kappa shape index (κ3) is 2.29. The standard InChI is InChI=1S/C16H22N2O3/c1-3-21-15-10-14(16(15)7-4-8-16)17-13-9-12(18(19)20)6-5-11(13)2/h5-6,9,14-15,17H,3-4,7-8,10H2,1-2H3. The minimum atomic E-state index is -0.340. The summed E-state index contributed by atoms with van der Waals surface area (Å²) in [6.45, 7) is 4.78. The smallest absolute Gasteiger partial charge is 0.271 e. The van der Waals surface area contributed by atoms with Gasteiger partial charge in [0, 0.05) is 35.9 Å². The molecule has 0 amide bonds. The normalized spacial score (nSPS) is 26.0. The summed E-state index contributed by atoms with van der Waals surface area (Å²) in [6, 6.07) is 5.40. The average molecular weight is 290 g/mol. The van der Waals surface area contributed by atoms with Crippen LogP contribution in [-0.4, -0.2) is 23.7 Å². The highest BCUT2D eigenvalue weighted by Gasteiger charge is 2.58. The van der Waals surface area contributed by atoms with Crippen LogP contribution in [0.15, 0.2) is 18.2 Å². The van der Waals surface area contributed by atoms with Gasteiger partial charge in [0.2, 0.25) is 0 Å². The fraction of sp³-hybridized carbons (Fsp3) is 0.625. The van der Waals surface area contributed by atoms with Crippen LogP contribution in [0.4, 0.5) is 11.4 Å². The zero-order valence-electron chi connectivity index (χ0n) is 12.6. The minimum absolute atomic E-state index is 0.145. The van der Waals surface area contributed by atoms with E-state index in [4.69, 9.17) is 4.74 Å². The number of rotatable bonds is 5. The molecule has 1 N–H and O–H groups in total. The first-order valence-electron chi connectivity index (χ1n) is 7.70. The molecule has 0 radical (unpaired) electrons. The van der Waals surface area contributed by atoms with Crippen LogP contribution in [0.3, 0.4) is 0 Å². The van der Waals surface area contributed by atoms with Crippen molar-refractivity contribution in [1.29, 1.82) is 0 Å². The molecule has 2 atom stereocenters. The van der Waals surface area contributed by atoms with E-state index in [1.165, 1.54) is 19.3 Å². The summed E-state index contributed by atoms with van der Waals surface area (Å²) in [6.07, 6.45) is 5.01. The van der Waals surface area contributed by atoms with Crippen LogP contribution in [0.5, 0.6) is 0 Å². The lowest BCUT2D eigenvalue weighted by Gasteiger charge is -2.61. The topological polar surface area (TPSA) is 64.4 Å². The van der Waals surface area contributed by atoms with Crippen molar-refractivity contribution in [3.63, 3.8) is 0 Å². The molecule has 5 heteroatoms. The van der Waals surface area contributed by atoms with Crippen molar-refractivity contribution in [2.75, 3.05) is 11.9 Å². The molecular formula is C16H22N2O3. The molecule has 1 spiro atoms. The zero-order valence-corrected chi connectivity index (χ0v) is 12.6. The first-order chi connectivity index (χ1) is 10.1. The molecule has 0 bridgehead atoms. The van der Waals surface area contributed by atoms with Gasteiger partial charge in [0.15, 0.2) is 0 Å². The van der Waals surface area contributed by atoms with Crippen molar-refractivity contribution in [3.8, 4) is 0 Å². The lowest BCUT2D eigenvalue weighted by atomic mass is 9.51. The number of ether oxygens (including phenoxy) is 1. The van der Waals surface area contributed by atoms with Gasteiger partial charge in [-0.2, -0.15) is 0 Å². The second-order valence-corrected chi connectivity index (χ2v) is 6.22. The van der Waals surface area contributed by atoms with E-state index in [2.05, 4.69) is 5.32 Å². The summed E-state index contributed by atoms with van der Waals surface area (Å²) in [5, 5.41) is 14.5. The third-order valence-electron chi connectivity index (χ3n) is 5.20. The Balaban J connectivity index is 1.75. The monoisotopic (exact) mass is 290 g/mol. The maximum absolute atomic E-state index is 10.9. The molecule has 0 aliphatic heterocycles. The van der Waals surface area contributed by atoms with Gasteiger partial charge in [-0.05, 0) is 38.7 Å². The molecule has 2 aliphatic rings. The molecule has 21 heavy (non-hydrogen) atoms. The first-order valence-corrected chi connectivity index (χ1v) is 7.70. The van der Waals surface area contributed by atoms with Gasteiger partial charge in [0.25, 0.3) is 5.69 Å². The molecule has 0 heterocycles. The summed E-state index contributed by atoms with van der Waals surface area (Å²) in [7, 11) is 0. The molecule has 2 fully saturated rings. The largest absolute Gasteiger partial charge is 0.381 e. The van der Waals surface area contributed by atoms with Crippen molar-refractivity contribution >= 4 is 11.4 Å². The van der Waals surface area contributed by atoms with Gasteiger partial charge < -0.3 is 10.1 Å². The van der Waals surface area contributed by atoms with E-state index in [0.717, 1.165) is 24.3 Å². The number of benzene rings is 1. The maximum Gasteiger partial charge on any atom is 0.271 e. The molecule has 1 aromatic rings. The Labute approximate surface area is 124 Å². The second-order valence-electron chi connectivity index (χ2n) is 6.22. The summed E-state index contributed by atoms with van der Waals surface area (Å²) >= 11 is 0. The molecule has 2 aliphatic carbocycles. The second kappa shape index (κ2) is 5.30. The number of hydrogen-bond acceptors (Lipinski definition) is 4. The first kappa shape index (κ1) is 14.3. The number of hydrogen-bond donors (Lipinski definition) is 1. The fourth-order valence-corrected chi connectivity index (χ4v) is 3.71. The Morgan fingerprint density at radius 2 is 2.24 bits per heavy atom. The van der Waals surface area contributed by atoms with E-state index in [-0.39, 0.29) is 16.0 Å². The number of nitrogens with one attached hydrogen (secondary N) is 1. The van der Waals surface area contributed by atoms with Crippen LogP contribution in [0.25, 0.3) is 0 Å². The van der Waals surface area contributed by atoms with Crippen molar-refractivity contribution in [2.24, 2.45) is 5.41 Å². The van der Waals surface area contributed by atoms with Gasteiger partial charge in [0.1, 0.15) is 0 Å². The highest BCUT2D eigenvalue weighted by Crippen LogP contribution is 2.58. The Hall–Kier alpha value is -1.62. The van der Waals surface area contributed by atoms with Gasteiger partial charge in [-0.25, -0.2) is 0 Å². The van der Waals surface area contributed by atoms with Crippen molar-refractivity contribution < 1.29 is 9.66 Å². The molecule has 2 unspecified atom stereocenters. The number of anilines is 1. The molecule has 0 aromatic heterocycles. The van der Waals surface area contributed by atoms with Crippen LogP contribution < -0.4 is 5.32 Å². The van der Waals surface area contributed by atoms with Crippen LogP contribution >= 0.6 is 0 Å². The molecule has 5 nitrogen and oxygen atoms in total. The SMILES string of the molecule is CCOC1CC(Nc2cc([N+](=O)[O-])ccc2C)C12CCC2. The summed E-state index contributed by atoms with van der Waals surface area (Å²) in [5.74, 6) is 0. The van der Waals surface area contributed by atoms with E-state index in [0.29, 0.717) is 12.1 Å². The van der Waals surface area contributed by atoms with E-state index < -0.39 is 0 Å². The Bertz CT molecular complexity index is 554. The number of nitro groups is 1. The quantitative estimate of drug-likeness (QED) is 0.664. The third-order valence-corrected chi connectivity index (χ3v) is 5.20. The van der Waals surface area contributed by atoms with Crippen LogP contribution in [-0.2, 0) is 4.74 Å². The Morgan fingerprint density at radius 3 is 2.81 bits per heavy atom. The van der Waals surface area contributed by atoms with Crippen LogP contribution in [0.1, 0.15) is 38.2 Å². The van der Waals surface area contributed by atoms with Gasteiger partial charge in [-0.15, -0.1) is 0 Å². The molecule has 0 saturated heterocycles. The minimum Gasteiger partial charge on any atom is -0.381 e. The Morgan fingerprint density at radius 1 is 1.48 bits per heavy atom. The van der Waals surface area contributed by atoms with Crippen LogP contribution in [0, 0.1) is 22.5 Å². The zero-order chi connectivity index (χ0) is 15.0. The van der Waals surface area contributed by atoms with Crippen LogP contribution in [0.2, 0.25) is 0 Å². The van der Waals surface area contributed by atoms with E-state index in [1.807, 2.05) is 19.9 Å². The van der Waals surface area contributed by atoms with Crippen molar-refractivity contribution in [1.82, 2.24) is 0 Å². The molecular weight excluding hydrogens is 268 g/mol. The van der Waals surface area contributed by atoms with E-state index in [9.17, 15) is 10.1 Å².